The number of aryl methyl sites for hydroxylation is 1. The molecular weight excluding hydrogens is 268 g/mol. The lowest BCUT2D eigenvalue weighted by Crippen LogP contribution is -2.48. The number of hydrogen-bond acceptors (Lipinski definition) is 3. The Morgan fingerprint density at radius 1 is 1.24 bits per heavy atom. The highest BCUT2D eigenvalue weighted by Crippen LogP contribution is 2.06. The zero-order valence-electron chi connectivity index (χ0n) is 12.4. The van der Waals surface area contributed by atoms with Gasteiger partial charge in [-0.15, -0.1) is 0 Å². The molecule has 0 saturated carbocycles. The van der Waals surface area contributed by atoms with Crippen molar-refractivity contribution in [2.45, 2.75) is 51.1 Å². The first-order valence-corrected chi connectivity index (χ1v) is 7.37. The molecule has 0 aliphatic rings. The molecule has 0 aromatic heterocycles. The Hall–Kier alpha value is -1.88. The highest BCUT2D eigenvalue weighted by atomic mass is 16.4. The summed E-state index contributed by atoms with van der Waals surface area (Å²) in [6.45, 7) is 2.02. The van der Waals surface area contributed by atoms with Crippen molar-refractivity contribution in [3.05, 3.63) is 35.9 Å². The first kappa shape index (κ1) is 17.2. The minimum absolute atomic E-state index is 0.353. The molecular formula is C16H24N2O3. The number of carbonyl (C=O) groups is 2. The van der Waals surface area contributed by atoms with E-state index < -0.39 is 18.1 Å². The lowest BCUT2D eigenvalue weighted by molar-refractivity contribution is -0.142. The first-order chi connectivity index (χ1) is 10.0. The minimum atomic E-state index is -1.03. The van der Waals surface area contributed by atoms with Gasteiger partial charge >= 0.3 is 5.97 Å². The SMILES string of the molecule is CCCCC(N)C(=O)N[C@@H](CCc1ccccc1)C(=O)O. The summed E-state index contributed by atoms with van der Waals surface area (Å²) in [5.41, 5.74) is 6.80. The average molecular weight is 292 g/mol. The Morgan fingerprint density at radius 2 is 1.90 bits per heavy atom. The maximum absolute atomic E-state index is 11.9. The van der Waals surface area contributed by atoms with Crippen LogP contribution in [0.4, 0.5) is 0 Å². The van der Waals surface area contributed by atoms with E-state index >= 15 is 0 Å². The molecule has 1 amide bonds. The molecule has 5 heteroatoms. The predicted octanol–water partition coefficient (Wildman–Crippen LogP) is 1.71. The molecule has 116 valence electrons. The van der Waals surface area contributed by atoms with E-state index in [2.05, 4.69) is 5.32 Å². The van der Waals surface area contributed by atoms with Gasteiger partial charge in [-0.25, -0.2) is 4.79 Å². The van der Waals surface area contributed by atoms with E-state index in [-0.39, 0.29) is 5.91 Å². The fourth-order valence-electron chi connectivity index (χ4n) is 2.05. The highest BCUT2D eigenvalue weighted by molar-refractivity contribution is 5.86. The van der Waals surface area contributed by atoms with Crippen molar-refractivity contribution in [1.29, 1.82) is 0 Å². The van der Waals surface area contributed by atoms with Gasteiger partial charge in [0, 0.05) is 0 Å². The number of hydrogen-bond donors (Lipinski definition) is 3. The topological polar surface area (TPSA) is 92.4 Å². The van der Waals surface area contributed by atoms with Crippen molar-refractivity contribution >= 4 is 11.9 Å². The van der Waals surface area contributed by atoms with Crippen LogP contribution in [0.1, 0.15) is 38.2 Å². The van der Waals surface area contributed by atoms with E-state index in [1.165, 1.54) is 0 Å². The van der Waals surface area contributed by atoms with E-state index in [4.69, 9.17) is 5.73 Å². The second kappa shape index (κ2) is 9.13. The van der Waals surface area contributed by atoms with Crippen LogP contribution in [0.3, 0.4) is 0 Å². The van der Waals surface area contributed by atoms with Gasteiger partial charge in [0.05, 0.1) is 6.04 Å². The maximum Gasteiger partial charge on any atom is 0.326 e. The average Bonchev–Trinajstić information content (AvgIpc) is 2.49. The number of amides is 1. The molecule has 0 saturated heterocycles. The van der Waals surface area contributed by atoms with E-state index in [1.54, 1.807) is 0 Å². The van der Waals surface area contributed by atoms with Crippen LogP contribution in [-0.4, -0.2) is 29.1 Å². The van der Waals surface area contributed by atoms with Gasteiger partial charge in [-0.1, -0.05) is 50.1 Å². The number of nitrogens with one attached hydrogen (secondary N) is 1. The fourth-order valence-corrected chi connectivity index (χ4v) is 2.05. The number of rotatable bonds is 9. The summed E-state index contributed by atoms with van der Waals surface area (Å²) in [4.78, 5) is 23.1. The molecule has 5 nitrogen and oxygen atoms in total. The zero-order chi connectivity index (χ0) is 15.7. The summed E-state index contributed by atoms with van der Waals surface area (Å²) in [5.74, 6) is -1.41. The molecule has 0 spiro atoms. The minimum Gasteiger partial charge on any atom is -0.480 e. The summed E-state index contributed by atoms with van der Waals surface area (Å²) in [6, 6.07) is 8.07. The molecule has 0 bridgehead atoms. The van der Waals surface area contributed by atoms with E-state index in [0.717, 1.165) is 18.4 Å². The van der Waals surface area contributed by atoms with Gasteiger partial charge in [-0.3, -0.25) is 4.79 Å². The van der Waals surface area contributed by atoms with Crippen LogP contribution < -0.4 is 11.1 Å². The van der Waals surface area contributed by atoms with E-state index in [1.807, 2.05) is 37.3 Å². The lowest BCUT2D eigenvalue weighted by Gasteiger charge is -2.17. The second-order valence-corrected chi connectivity index (χ2v) is 5.17. The Morgan fingerprint density at radius 3 is 2.48 bits per heavy atom. The van der Waals surface area contributed by atoms with Crippen LogP contribution in [0.15, 0.2) is 30.3 Å². The Balaban J connectivity index is 2.50. The number of carboxylic acid groups (broad SMARTS) is 1. The van der Waals surface area contributed by atoms with E-state index in [9.17, 15) is 14.7 Å². The van der Waals surface area contributed by atoms with Crippen LogP contribution in [0.5, 0.6) is 0 Å². The van der Waals surface area contributed by atoms with Gasteiger partial charge in [0.15, 0.2) is 0 Å². The number of carboxylic acids is 1. The largest absolute Gasteiger partial charge is 0.480 e. The summed E-state index contributed by atoms with van der Waals surface area (Å²) in [7, 11) is 0. The summed E-state index contributed by atoms with van der Waals surface area (Å²) >= 11 is 0. The van der Waals surface area contributed by atoms with Crippen molar-refractivity contribution in [3.63, 3.8) is 0 Å². The van der Waals surface area contributed by atoms with Crippen LogP contribution in [0.25, 0.3) is 0 Å². The van der Waals surface area contributed by atoms with Crippen LogP contribution >= 0.6 is 0 Å². The summed E-state index contributed by atoms with van der Waals surface area (Å²) < 4.78 is 0. The quantitative estimate of drug-likeness (QED) is 0.646. The molecule has 21 heavy (non-hydrogen) atoms. The number of unbranched alkanes of at least 4 members (excludes halogenated alkanes) is 1. The molecule has 2 atom stereocenters. The molecule has 1 aromatic carbocycles. The monoisotopic (exact) mass is 292 g/mol. The van der Waals surface area contributed by atoms with Gasteiger partial charge in [-0.2, -0.15) is 0 Å². The van der Waals surface area contributed by atoms with Gasteiger partial charge in [0.1, 0.15) is 6.04 Å². The molecule has 1 rings (SSSR count). The predicted molar refractivity (Wildman–Crippen MR) is 81.8 cm³/mol. The van der Waals surface area contributed by atoms with Crippen molar-refractivity contribution in [1.82, 2.24) is 5.32 Å². The molecule has 0 fully saturated rings. The van der Waals surface area contributed by atoms with Crippen molar-refractivity contribution < 1.29 is 14.7 Å². The third kappa shape index (κ3) is 6.40. The lowest BCUT2D eigenvalue weighted by atomic mass is 10.0. The van der Waals surface area contributed by atoms with Gasteiger partial charge in [0.25, 0.3) is 0 Å². The molecule has 4 N–H and O–H groups in total. The van der Waals surface area contributed by atoms with E-state index in [0.29, 0.717) is 19.3 Å². The fraction of sp³-hybridized carbons (Fsp3) is 0.500. The molecule has 0 heterocycles. The molecule has 1 aromatic rings. The highest BCUT2D eigenvalue weighted by Gasteiger charge is 2.22. The molecule has 0 radical (unpaired) electrons. The number of benzene rings is 1. The standard InChI is InChI=1S/C16H24N2O3/c1-2-3-9-13(17)15(19)18-14(16(20)21)11-10-12-7-5-4-6-8-12/h4-8,13-14H,2-3,9-11,17H2,1H3,(H,18,19)(H,20,21)/t13?,14-/m0/s1. The van der Waals surface area contributed by atoms with Gasteiger partial charge in [-0.05, 0) is 24.8 Å². The Bertz CT molecular complexity index is 448. The normalized spacial score (nSPS) is 13.4. The molecule has 0 aliphatic carbocycles. The number of nitrogens with two attached hydrogens (primary N) is 1. The second-order valence-electron chi connectivity index (χ2n) is 5.17. The van der Waals surface area contributed by atoms with Crippen LogP contribution in [0.2, 0.25) is 0 Å². The van der Waals surface area contributed by atoms with Crippen molar-refractivity contribution in [2.75, 3.05) is 0 Å². The van der Waals surface area contributed by atoms with Crippen LogP contribution in [0, 0.1) is 0 Å². The third-order valence-corrected chi connectivity index (χ3v) is 3.38. The van der Waals surface area contributed by atoms with Gasteiger partial charge in [0.2, 0.25) is 5.91 Å². The zero-order valence-corrected chi connectivity index (χ0v) is 12.4. The maximum atomic E-state index is 11.9. The Labute approximate surface area is 125 Å². The summed E-state index contributed by atoms with van der Waals surface area (Å²) in [5, 5.41) is 11.7. The molecule has 1 unspecified atom stereocenters. The third-order valence-electron chi connectivity index (χ3n) is 3.38. The Kier molecular flexibility index (Phi) is 7.46. The van der Waals surface area contributed by atoms with Gasteiger partial charge < -0.3 is 16.2 Å². The molecule has 0 aliphatic heterocycles. The first-order valence-electron chi connectivity index (χ1n) is 7.37. The smallest absolute Gasteiger partial charge is 0.326 e. The van der Waals surface area contributed by atoms with Crippen molar-refractivity contribution in [2.24, 2.45) is 5.73 Å². The summed E-state index contributed by atoms with van der Waals surface area (Å²) in [6.07, 6.45) is 3.34. The number of carbonyl (C=O) groups excluding carboxylic acids is 1. The number of aliphatic carboxylic acids is 1. The van der Waals surface area contributed by atoms with Crippen LogP contribution in [-0.2, 0) is 16.0 Å². The van der Waals surface area contributed by atoms with Crippen molar-refractivity contribution in [3.8, 4) is 0 Å².